The van der Waals surface area contributed by atoms with Crippen molar-refractivity contribution in [3.63, 3.8) is 0 Å². The summed E-state index contributed by atoms with van der Waals surface area (Å²) in [6.45, 7) is 7.70. The second-order valence-electron chi connectivity index (χ2n) is 9.05. The van der Waals surface area contributed by atoms with Gasteiger partial charge in [0.25, 0.3) is 11.7 Å². The zero-order valence-electron chi connectivity index (χ0n) is 20.5. The van der Waals surface area contributed by atoms with Gasteiger partial charge in [0.1, 0.15) is 11.5 Å². The van der Waals surface area contributed by atoms with Crippen molar-refractivity contribution in [3.05, 3.63) is 69.8 Å². The normalized spacial score (nSPS) is 17.8. The average molecular weight is 485 g/mol. The lowest BCUT2D eigenvalue weighted by Gasteiger charge is -2.26. The second kappa shape index (κ2) is 11.1. The van der Waals surface area contributed by atoms with Crippen molar-refractivity contribution < 1.29 is 19.4 Å². The Morgan fingerprint density at radius 2 is 1.82 bits per heavy atom. The van der Waals surface area contributed by atoms with E-state index in [1.165, 1.54) is 0 Å². The molecule has 1 heterocycles. The average Bonchev–Trinajstić information content (AvgIpc) is 3.05. The Balaban J connectivity index is 2.09. The van der Waals surface area contributed by atoms with Gasteiger partial charge in [-0.15, -0.1) is 0 Å². The minimum absolute atomic E-state index is 0.0763. The number of carbonyl (C=O) groups excluding carboxylic acids is 2. The summed E-state index contributed by atoms with van der Waals surface area (Å²) in [4.78, 5) is 29.8. The number of Topliss-reactive ketones (excluding diaryl/α,β-unsaturated/α-hetero) is 1. The van der Waals surface area contributed by atoms with Gasteiger partial charge < -0.3 is 19.6 Å². The molecule has 1 aliphatic heterocycles. The van der Waals surface area contributed by atoms with Gasteiger partial charge in [0.2, 0.25) is 0 Å². The topological polar surface area (TPSA) is 70.1 Å². The van der Waals surface area contributed by atoms with E-state index in [9.17, 15) is 14.7 Å². The van der Waals surface area contributed by atoms with E-state index in [4.69, 9.17) is 16.3 Å². The molecular formula is C27H33ClN2O4. The number of benzene rings is 2. The van der Waals surface area contributed by atoms with Gasteiger partial charge in [0, 0.05) is 12.1 Å². The van der Waals surface area contributed by atoms with Crippen LogP contribution in [0.3, 0.4) is 0 Å². The Bertz CT molecular complexity index is 1080. The number of amides is 1. The first-order valence-corrected chi connectivity index (χ1v) is 12.0. The number of hydrogen-bond acceptors (Lipinski definition) is 5. The minimum atomic E-state index is -0.690. The number of carbonyl (C=O) groups is 2. The van der Waals surface area contributed by atoms with Crippen LogP contribution in [-0.4, -0.2) is 60.4 Å². The molecule has 0 bridgehead atoms. The minimum Gasteiger partial charge on any atom is -0.507 e. The number of aliphatic hydroxyl groups excluding tert-OH is 1. The number of likely N-dealkylation sites (tertiary alicyclic amines) is 1. The molecule has 1 amide bonds. The maximum Gasteiger partial charge on any atom is 0.295 e. The van der Waals surface area contributed by atoms with E-state index >= 15 is 0 Å². The van der Waals surface area contributed by atoms with Gasteiger partial charge in [-0.05, 0) is 69.2 Å². The van der Waals surface area contributed by atoms with Crippen LogP contribution in [0.4, 0.5) is 0 Å². The molecule has 0 aliphatic carbocycles. The van der Waals surface area contributed by atoms with E-state index in [1.54, 1.807) is 23.1 Å². The SMILES string of the molecule is CCOc1ccc(/C(O)=C2\C(=O)C(=O)N(CCCN(C)C)[C@H]2c2ccc(C(C)C)cc2)cc1Cl. The first-order valence-electron chi connectivity index (χ1n) is 11.6. The van der Waals surface area contributed by atoms with Crippen molar-refractivity contribution in [1.82, 2.24) is 9.80 Å². The molecule has 1 aliphatic rings. The van der Waals surface area contributed by atoms with Crippen LogP contribution in [0.15, 0.2) is 48.0 Å². The standard InChI is InChI=1S/C27H33ClN2O4/c1-6-34-22-13-12-20(16-21(22)28)25(31)23-24(19-10-8-18(9-11-19)17(2)3)30(27(33)26(23)32)15-7-14-29(4)5/h8-13,16-17,24,31H,6-7,14-15H2,1-5H3/b25-23+/t24-/m0/s1. The van der Waals surface area contributed by atoms with Crippen LogP contribution in [0, 0.1) is 0 Å². The van der Waals surface area contributed by atoms with Crippen molar-refractivity contribution in [3.8, 4) is 5.75 Å². The highest BCUT2D eigenvalue weighted by atomic mass is 35.5. The molecule has 1 N–H and O–H groups in total. The first-order chi connectivity index (χ1) is 16.1. The number of hydrogen-bond donors (Lipinski definition) is 1. The molecule has 0 spiro atoms. The third-order valence-electron chi connectivity index (χ3n) is 5.97. The molecule has 7 heteroatoms. The molecule has 0 aromatic heterocycles. The summed E-state index contributed by atoms with van der Waals surface area (Å²) < 4.78 is 5.47. The van der Waals surface area contributed by atoms with Crippen LogP contribution in [0.2, 0.25) is 5.02 Å². The fraction of sp³-hybridized carbons (Fsp3) is 0.407. The Morgan fingerprint density at radius 1 is 1.15 bits per heavy atom. The zero-order valence-corrected chi connectivity index (χ0v) is 21.2. The molecular weight excluding hydrogens is 452 g/mol. The third kappa shape index (κ3) is 5.45. The van der Waals surface area contributed by atoms with Crippen molar-refractivity contribution in [2.45, 2.75) is 39.2 Å². The monoisotopic (exact) mass is 484 g/mol. The molecule has 1 fully saturated rings. The molecule has 2 aromatic carbocycles. The van der Waals surface area contributed by atoms with E-state index < -0.39 is 17.7 Å². The first kappa shape index (κ1) is 25.8. The maximum absolute atomic E-state index is 13.2. The van der Waals surface area contributed by atoms with Gasteiger partial charge in [-0.3, -0.25) is 9.59 Å². The number of ketones is 1. The van der Waals surface area contributed by atoms with Gasteiger partial charge in [0.05, 0.1) is 23.2 Å². The molecule has 0 radical (unpaired) electrons. The van der Waals surface area contributed by atoms with Crippen molar-refractivity contribution in [2.24, 2.45) is 0 Å². The van der Waals surface area contributed by atoms with E-state index in [0.29, 0.717) is 41.8 Å². The lowest BCUT2D eigenvalue weighted by Crippen LogP contribution is -2.32. The highest BCUT2D eigenvalue weighted by molar-refractivity contribution is 6.46. The molecule has 1 saturated heterocycles. The largest absolute Gasteiger partial charge is 0.507 e. The smallest absolute Gasteiger partial charge is 0.295 e. The third-order valence-corrected chi connectivity index (χ3v) is 6.26. The maximum atomic E-state index is 13.2. The van der Waals surface area contributed by atoms with Crippen LogP contribution in [0.25, 0.3) is 5.76 Å². The Labute approximate surface area is 206 Å². The van der Waals surface area contributed by atoms with E-state index in [2.05, 4.69) is 13.8 Å². The Morgan fingerprint density at radius 3 is 2.38 bits per heavy atom. The predicted octanol–water partition coefficient (Wildman–Crippen LogP) is 5.24. The van der Waals surface area contributed by atoms with Gasteiger partial charge in [-0.1, -0.05) is 49.7 Å². The summed E-state index contributed by atoms with van der Waals surface area (Å²) in [6, 6.07) is 12.1. The van der Waals surface area contributed by atoms with E-state index in [1.807, 2.05) is 50.2 Å². The van der Waals surface area contributed by atoms with Gasteiger partial charge in [0.15, 0.2) is 0 Å². The number of ether oxygens (including phenoxy) is 1. The van der Waals surface area contributed by atoms with Crippen LogP contribution in [0.1, 0.15) is 55.8 Å². The van der Waals surface area contributed by atoms with E-state index in [-0.39, 0.29) is 11.3 Å². The van der Waals surface area contributed by atoms with Crippen LogP contribution >= 0.6 is 11.6 Å². The lowest BCUT2D eigenvalue weighted by atomic mass is 9.93. The van der Waals surface area contributed by atoms with Crippen molar-refractivity contribution in [1.29, 1.82) is 0 Å². The number of halogens is 1. The van der Waals surface area contributed by atoms with Crippen LogP contribution in [-0.2, 0) is 9.59 Å². The molecule has 0 saturated carbocycles. The van der Waals surface area contributed by atoms with Crippen molar-refractivity contribution >= 4 is 29.1 Å². The Hall–Kier alpha value is -2.83. The molecule has 6 nitrogen and oxygen atoms in total. The predicted molar refractivity (Wildman–Crippen MR) is 135 cm³/mol. The summed E-state index contributed by atoms with van der Waals surface area (Å²) >= 11 is 6.33. The number of aliphatic hydroxyl groups is 1. The van der Waals surface area contributed by atoms with Gasteiger partial charge >= 0.3 is 0 Å². The van der Waals surface area contributed by atoms with Crippen LogP contribution in [0.5, 0.6) is 5.75 Å². The Kier molecular flexibility index (Phi) is 8.39. The summed E-state index contributed by atoms with van der Waals surface area (Å²) in [6.07, 6.45) is 0.704. The highest BCUT2D eigenvalue weighted by Gasteiger charge is 2.45. The molecule has 2 aromatic rings. The fourth-order valence-electron chi connectivity index (χ4n) is 4.15. The quantitative estimate of drug-likeness (QED) is 0.299. The molecule has 1 atom stereocenters. The molecule has 3 rings (SSSR count). The second-order valence-corrected chi connectivity index (χ2v) is 9.46. The number of nitrogens with zero attached hydrogens (tertiary/aromatic N) is 2. The molecule has 34 heavy (non-hydrogen) atoms. The lowest BCUT2D eigenvalue weighted by molar-refractivity contribution is -0.139. The summed E-state index contributed by atoms with van der Waals surface area (Å²) in [5.74, 6) is -0.686. The fourth-order valence-corrected chi connectivity index (χ4v) is 4.39. The highest BCUT2D eigenvalue weighted by Crippen LogP contribution is 2.40. The van der Waals surface area contributed by atoms with Crippen molar-refractivity contribution in [2.75, 3.05) is 33.8 Å². The zero-order chi connectivity index (χ0) is 25.0. The van der Waals surface area contributed by atoms with Gasteiger partial charge in [-0.25, -0.2) is 0 Å². The molecule has 182 valence electrons. The summed E-state index contributed by atoms with van der Waals surface area (Å²) in [7, 11) is 3.93. The summed E-state index contributed by atoms with van der Waals surface area (Å²) in [5.41, 5.74) is 2.38. The van der Waals surface area contributed by atoms with E-state index in [0.717, 1.165) is 17.7 Å². The van der Waals surface area contributed by atoms with Gasteiger partial charge in [-0.2, -0.15) is 0 Å². The number of rotatable bonds is 9. The summed E-state index contributed by atoms with van der Waals surface area (Å²) in [5, 5.41) is 11.6. The molecule has 0 unspecified atom stereocenters. The van der Waals surface area contributed by atoms with Crippen LogP contribution < -0.4 is 4.74 Å².